The summed E-state index contributed by atoms with van der Waals surface area (Å²) in [6.07, 6.45) is 6.08. The van der Waals surface area contributed by atoms with Crippen molar-refractivity contribution in [3.63, 3.8) is 0 Å². The van der Waals surface area contributed by atoms with Crippen LogP contribution in [0.2, 0.25) is 0 Å². The fraction of sp³-hybridized carbons (Fsp3) is 0.211. The maximum atomic E-state index is 12.3. The number of benzene rings is 1. The molecule has 0 amide bonds. The van der Waals surface area contributed by atoms with Gasteiger partial charge in [0.05, 0.1) is 18.1 Å². The van der Waals surface area contributed by atoms with Crippen molar-refractivity contribution >= 4 is 22.3 Å². The van der Waals surface area contributed by atoms with Gasteiger partial charge < -0.3 is 14.8 Å². The van der Waals surface area contributed by atoms with Gasteiger partial charge in [0.2, 0.25) is 0 Å². The summed E-state index contributed by atoms with van der Waals surface area (Å²) in [5, 5.41) is 3.22. The van der Waals surface area contributed by atoms with Gasteiger partial charge >= 0.3 is 0 Å². The highest BCUT2D eigenvalue weighted by Crippen LogP contribution is 2.26. The van der Waals surface area contributed by atoms with Crippen LogP contribution in [0, 0.1) is 0 Å². The number of imidazole rings is 1. The Morgan fingerprint density at radius 2 is 2.20 bits per heavy atom. The summed E-state index contributed by atoms with van der Waals surface area (Å²) in [7, 11) is 1.66. The van der Waals surface area contributed by atoms with Crippen molar-refractivity contribution in [3.8, 4) is 5.75 Å². The Kier molecular flexibility index (Phi) is 4.01. The zero-order valence-electron chi connectivity index (χ0n) is 13.8. The van der Waals surface area contributed by atoms with Crippen LogP contribution in [0.5, 0.6) is 5.75 Å². The molecule has 0 fully saturated rings. The standard InChI is InChI=1S/C19H18FN3O2/c1-24-19-15(3-2-8-21-19)13-6-9-23-17-12-14(25-10-7-20)4-5-16(17)22-18(23)11-13/h2-6,9,11-12,21H,7-8,10H2,1H3. The topological polar surface area (TPSA) is 47.8 Å². The van der Waals surface area contributed by atoms with E-state index in [1.807, 2.05) is 47.0 Å². The highest BCUT2D eigenvalue weighted by atomic mass is 19.1. The number of nitrogens with one attached hydrogen (secondary N) is 1. The van der Waals surface area contributed by atoms with Gasteiger partial charge in [-0.2, -0.15) is 0 Å². The molecular formula is C19H18FN3O2. The minimum absolute atomic E-state index is 0.0552. The second-order valence-corrected chi connectivity index (χ2v) is 5.67. The maximum absolute atomic E-state index is 12.3. The molecule has 0 atom stereocenters. The van der Waals surface area contributed by atoms with Crippen LogP contribution in [-0.2, 0) is 4.74 Å². The van der Waals surface area contributed by atoms with Crippen LogP contribution in [-0.4, -0.2) is 36.3 Å². The summed E-state index contributed by atoms with van der Waals surface area (Å²) in [6, 6.07) is 9.62. The van der Waals surface area contributed by atoms with Gasteiger partial charge in [-0.05, 0) is 29.8 Å². The molecule has 1 aromatic carbocycles. The Bertz CT molecular complexity index is 991. The molecule has 0 saturated heterocycles. The van der Waals surface area contributed by atoms with Crippen molar-refractivity contribution in [2.45, 2.75) is 0 Å². The largest absolute Gasteiger partial charge is 0.491 e. The van der Waals surface area contributed by atoms with Crippen LogP contribution >= 0.6 is 0 Å². The van der Waals surface area contributed by atoms with E-state index in [4.69, 9.17) is 9.47 Å². The first-order valence-corrected chi connectivity index (χ1v) is 8.10. The minimum Gasteiger partial charge on any atom is -0.491 e. The van der Waals surface area contributed by atoms with Crippen molar-refractivity contribution in [1.82, 2.24) is 14.7 Å². The summed E-state index contributed by atoms with van der Waals surface area (Å²) >= 11 is 0. The van der Waals surface area contributed by atoms with Crippen molar-refractivity contribution in [3.05, 3.63) is 60.1 Å². The molecule has 128 valence electrons. The lowest BCUT2D eigenvalue weighted by atomic mass is 10.1. The highest BCUT2D eigenvalue weighted by molar-refractivity contribution is 5.84. The van der Waals surface area contributed by atoms with E-state index < -0.39 is 6.67 Å². The molecule has 6 heteroatoms. The van der Waals surface area contributed by atoms with E-state index in [1.165, 1.54) is 0 Å². The Hall–Kier alpha value is -3.02. The average Bonchev–Trinajstić information content (AvgIpc) is 3.03. The average molecular weight is 339 g/mol. The Morgan fingerprint density at radius 1 is 1.28 bits per heavy atom. The smallest absolute Gasteiger partial charge is 0.194 e. The summed E-state index contributed by atoms with van der Waals surface area (Å²) in [5.74, 6) is 1.39. The molecule has 0 bridgehead atoms. The van der Waals surface area contributed by atoms with Gasteiger partial charge in [-0.3, -0.25) is 4.40 Å². The number of hydrogen-bond acceptors (Lipinski definition) is 4. The fourth-order valence-electron chi connectivity index (χ4n) is 3.01. The quantitative estimate of drug-likeness (QED) is 0.775. The number of nitrogens with zero attached hydrogens (tertiary/aromatic N) is 2. The number of halogens is 1. The molecule has 3 aromatic rings. The lowest BCUT2D eigenvalue weighted by Crippen LogP contribution is -2.19. The number of pyridine rings is 1. The summed E-state index contributed by atoms with van der Waals surface area (Å²) < 4.78 is 25.1. The third-order valence-corrected chi connectivity index (χ3v) is 4.15. The predicted molar refractivity (Wildman–Crippen MR) is 95.2 cm³/mol. The lowest BCUT2D eigenvalue weighted by Gasteiger charge is -2.16. The maximum Gasteiger partial charge on any atom is 0.194 e. The number of methoxy groups -OCH3 is 1. The molecule has 4 rings (SSSR count). The number of aromatic nitrogens is 2. The first-order valence-electron chi connectivity index (χ1n) is 8.10. The van der Waals surface area contributed by atoms with E-state index in [2.05, 4.69) is 16.4 Å². The van der Waals surface area contributed by atoms with Crippen molar-refractivity contribution in [1.29, 1.82) is 0 Å². The van der Waals surface area contributed by atoms with Gasteiger partial charge in [-0.15, -0.1) is 0 Å². The number of ether oxygens (including phenoxy) is 2. The molecule has 2 aromatic heterocycles. The number of allylic oxidation sites excluding steroid dienone is 2. The van der Waals surface area contributed by atoms with Crippen LogP contribution in [0.4, 0.5) is 4.39 Å². The van der Waals surface area contributed by atoms with Crippen LogP contribution in [0.1, 0.15) is 5.56 Å². The van der Waals surface area contributed by atoms with Crippen molar-refractivity contribution in [2.24, 2.45) is 0 Å². The Labute approximate surface area is 144 Å². The van der Waals surface area contributed by atoms with E-state index in [-0.39, 0.29) is 6.61 Å². The van der Waals surface area contributed by atoms with Crippen LogP contribution in [0.25, 0.3) is 22.3 Å². The normalized spacial score (nSPS) is 14.2. The second kappa shape index (κ2) is 6.47. The Balaban J connectivity index is 1.80. The SMILES string of the molecule is COC1=C(c2ccn3c(c2)nc2ccc(OCCF)cc23)C=CCN1. The van der Waals surface area contributed by atoms with Crippen LogP contribution in [0.15, 0.2) is 54.6 Å². The van der Waals surface area contributed by atoms with Gasteiger partial charge in [-0.1, -0.05) is 12.2 Å². The monoisotopic (exact) mass is 339 g/mol. The Morgan fingerprint density at radius 3 is 3.04 bits per heavy atom. The number of dihydropyridines is 1. The first kappa shape index (κ1) is 15.5. The number of fused-ring (bicyclic) bond motifs is 3. The summed E-state index contributed by atoms with van der Waals surface area (Å²) in [4.78, 5) is 4.67. The molecule has 25 heavy (non-hydrogen) atoms. The zero-order valence-corrected chi connectivity index (χ0v) is 13.8. The van der Waals surface area contributed by atoms with Crippen LogP contribution in [0.3, 0.4) is 0 Å². The van der Waals surface area contributed by atoms with Gasteiger partial charge in [-0.25, -0.2) is 9.37 Å². The molecule has 0 aliphatic carbocycles. The van der Waals surface area contributed by atoms with Crippen LogP contribution < -0.4 is 10.1 Å². The van der Waals surface area contributed by atoms with Gasteiger partial charge in [0.1, 0.15) is 24.7 Å². The molecule has 5 nitrogen and oxygen atoms in total. The number of alkyl halides is 1. The summed E-state index contributed by atoms with van der Waals surface area (Å²) in [6.45, 7) is 0.302. The van der Waals surface area contributed by atoms with E-state index in [9.17, 15) is 4.39 Å². The molecule has 0 saturated carbocycles. The van der Waals surface area contributed by atoms with Gasteiger partial charge in [0, 0.05) is 24.4 Å². The predicted octanol–water partition coefficient (Wildman–Crippen LogP) is 3.31. The highest BCUT2D eigenvalue weighted by Gasteiger charge is 2.13. The van der Waals surface area contributed by atoms with Crippen molar-refractivity contribution < 1.29 is 13.9 Å². The first-order chi connectivity index (χ1) is 12.3. The molecule has 1 N–H and O–H groups in total. The molecule has 3 heterocycles. The van der Waals surface area contributed by atoms with E-state index in [0.29, 0.717) is 5.75 Å². The molecule has 0 radical (unpaired) electrons. The fourth-order valence-corrected chi connectivity index (χ4v) is 3.01. The van der Waals surface area contributed by atoms with E-state index >= 15 is 0 Å². The molecule has 0 spiro atoms. The third-order valence-electron chi connectivity index (χ3n) is 4.15. The molecule has 1 aliphatic rings. The minimum atomic E-state index is -0.507. The number of rotatable bonds is 5. The molecule has 1 aliphatic heterocycles. The van der Waals surface area contributed by atoms with E-state index in [1.54, 1.807) is 7.11 Å². The molecular weight excluding hydrogens is 321 g/mol. The van der Waals surface area contributed by atoms with Crippen molar-refractivity contribution in [2.75, 3.05) is 26.9 Å². The molecule has 0 unspecified atom stereocenters. The van der Waals surface area contributed by atoms with Gasteiger partial charge in [0.15, 0.2) is 5.88 Å². The van der Waals surface area contributed by atoms with Gasteiger partial charge in [0.25, 0.3) is 0 Å². The third kappa shape index (κ3) is 2.80. The second-order valence-electron chi connectivity index (χ2n) is 5.67. The zero-order chi connectivity index (χ0) is 17.2. The lowest BCUT2D eigenvalue weighted by molar-refractivity contribution is 0.266. The number of hydrogen-bond donors (Lipinski definition) is 1. The van der Waals surface area contributed by atoms with E-state index in [0.717, 1.165) is 40.2 Å². The summed E-state index contributed by atoms with van der Waals surface area (Å²) in [5.41, 5.74) is 4.64.